The molecule has 0 aliphatic carbocycles. The fourth-order valence-corrected chi connectivity index (χ4v) is 2.51. The lowest BCUT2D eigenvalue weighted by molar-refractivity contribution is 0.0963. The number of piperidine rings is 1. The van der Waals surface area contributed by atoms with Crippen molar-refractivity contribution in [1.82, 2.24) is 9.88 Å². The van der Waals surface area contributed by atoms with Crippen molar-refractivity contribution < 1.29 is 4.74 Å². The summed E-state index contributed by atoms with van der Waals surface area (Å²) in [5.74, 6) is 0.731. The molecule has 1 fully saturated rings. The minimum Gasteiger partial charge on any atom is -0.384 e. The number of hydrogen-bond donors (Lipinski definition) is 1. The summed E-state index contributed by atoms with van der Waals surface area (Å²) < 4.78 is 5.22. The summed E-state index contributed by atoms with van der Waals surface area (Å²) in [6.45, 7) is 4.64. The molecule has 2 heterocycles. The fraction of sp³-hybridized carbons (Fsp3) is 0.643. The van der Waals surface area contributed by atoms with Crippen molar-refractivity contribution in [3.63, 3.8) is 0 Å². The van der Waals surface area contributed by atoms with Gasteiger partial charge in [-0.1, -0.05) is 6.07 Å². The normalized spacial score (nSPS) is 18.1. The molecule has 1 aromatic rings. The molecule has 0 saturated carbocycles. The van der Waals surface area contributed by atoms with E-state index in [9.17, 15) is 0 Å². The molecule has 1 saturated heterocycles. The Balaban J connectivity index is 1.83. The van der Waals surface area contributed by atoms with Crippen LogP contribution in [0.4, 0.5) is 0 Å². The van der Waals surface area contributed by atoms with Gasteiger partial charge in [0.25, 0.3) is 0 Å². The van der Waals surface area contributed by atoms with Gasteiger partial charge in [0.15, 0.2) is 0 Å². The van der Waals surface area contributed by atoms with Gasteiger partial charge < -0.3 is 10.5 Å². The molecular formula is C14H23N3O. The van der Waals surface area contributed by atoms with Gasteiger partial charge in [-0.15, -0.1) is 0 Å². The summed E-state index contributed by atoms with van der Waals surface area (Å²) in [6.07, 6.45) is 2.45. The summed E-state index contributed by atoms with van der Waals surface area (Å²) in [7, 11) is 1.79. The number of likely N-dealkylation sites (tertiary alicyclic amines) is 1. The van der Waals surface area contributed by atoms with Gasteiger partial charge in [-0.25, -0.2) is 0 Å². The van der Waals surface area contributed by atoms with Gasteiger partial charge in [-0.05, 0) is 44.0 Å². The van der Waals surface area contributed by atoms with E-state index in [2.05, 4.69) is 16.0 Å². The second-order valence-electron chi connectivity index (χ2n) is 5.00. The van der Waals surface area contributed by atoms with Gasteiger partial charge in [0.05, 0.1) is 11.4 Å². The van der Waals surface area contributed by atoms with E-state index in [1.54, 1.807) is 7.11 Å². The molecule has 1 aliphatic heterocycles. The zero-order chi connectivity index (χ0) is 12.8. The Morgan fingerprint density at radius 2 is 2.06 bits per heavy atom. The first-order valence-corrected chi connectivity index (χ1v) is 6.68. The van der Waals surface area contributed by atoms with Crippen LogP contribution in [0.2, 0.25) is 0 Å². The topological polar surface area (TPSA) is 51.4 Å². The number of pyridine rings is 1. The van der Waals surface area contributed by atoms with Crippen molar-refractivity contribution in [2.24, 2.45) is 11.7 Å². The minimum absolute atomic E-state index is 0.518. The van der Waals surface area contributed by atoms with Crippen LogP contribution in [0.5, 0.6) is 0 Å². The van der Waals surface area contributed by atoms with E-state index in [0.29, 0.717) is 6.54 Å². The largest absolute Gasteiger partial charge is 0.384 e. The number of hydrogen-bond acceptors (Lipinski definition) is 4. The molecule has 0 bridgehead atoms. The fourth-order valence-electron chi connectivity index (χ4n) is 2.51. The lowest BCUT2D eigenvalue weighted by Gasteiger charge is -2.31. The Hall–Kier alpha value is -0.970. The molecule has 0 aromatic carbocycles. The molecular weight excluding hydrogens is 226 g/mol. The van der Waals surface area contributed by atoms with Crippen LogP contribution >= 0.6 is 0 Å². The molecule has 4 nitrogen and oxygen atoms in total. The Labute approximate surface area is 109 Å². The first-order chi connectivity index (χ1) is 8.81. The molecule has 0 unspecified atom stereocenters. The number of rotatable bonds is 5. The quantitative estimate of drug-likeness (QED) is 0.857. The third-order valence-electron chi connectivity index (χ3n) is 3.57. The predicted molar refractivity (Wildman–Crippen MR) is 72.0 cm³/mol. The average Bonchev–Trinajstić information content (AvgIpc) is 2.42. The van der Waals surface area contributed by atoms with Crippen LogP contribution in [-0.4, -0.2) is 36.7 Å². The van der Waals surface area contributed by atoms with Gasteiger partial charge >= 0.3 is 0 Å². The monoisotopic (exact) mass is 249 g/mol. The Morgan fingerprint density at radius 3 is 2.72 bits per heavy atom. The molecule has 1 aromatic heterocycles. The first-order valence-electron chi connectivity index (χ1n) is 6.68. The molecule has 1 aliphatic rings. The number of ether oxygens (including phenoxy) is 1. The van der Waals surface area contributed by atoms with E-state index in [0.717, 1.165) is 43.5 Å². The zero-order valence-electron chi connectivity index (χ0n) is 11.1. The van der Waals surface area contributed by atoms with Crippen LogP contribution in [0, 0.1) is 5.92 Å². The molecule has 2 rings (SSSR count). The van der Waals surface area contributed by atoms with Crippen LogP contribution in [0.3, 0.4) is 0 Å². The first kappa shape index (κ1) is 13.5. The molecule has 0 amide bonds. The van der Waals surface area contributed by atoms with Crippen molar-refractivity contribution in [2.75, 3.05) is 26.8 Å². The van der Waals surface area contributed by atoms with E-state index >= 15 is 0 Å². The zero-order valence-corrected chi connectivity index (χ0v) is 11.1. The summed E-state index contributed by atoms with van der Waals surface area (Å²) in [5, 5.41) is 0. The highest BCUT2D eigenvalue weighted by atomic mass is 16.5. The highest BCUT2D eigenvalue weighted by Gasteiger charge is 2.19. The Bertz CT molecular complexity index is 362. The van der Waals surface area contributed by atoms with Crippen LogP contribution in [0.1, 0.15) is 24.2 Å². The van der Waals surface area contributed by atoms with Gasteiger partial charge in [-0.3, -0.25) is 9.88 Å². The summed E-state index contributed by atoms with van der Waals surface area (Å²) >= 11 is 0. The third-order valence-corrected chi connectivity index (χ3v) is 3.57. The van der Waals surface area contributed by atoms with Crippen molar-refractivity contribution in [1.29, 1.82) is 0 Å². The van der Waals surface area contributed by atoms with E-state index in [4.69, 9.17) is 10.5 Å². The highest BCUT2D eigenvalue weighted by Crippen LogP contribution is 2.18. The minimum atomic E-state index is 0.518. The van der Waals surface area contributed by atoms with Crippen molar-refractivity contribution >= 4 is 0 Å². The standard InChI is InChI=1S/C14H23N3O/c1-18-11-12-5-7-17(8-6-12)10-14-4-2-3-13(9-15)16-14/h2-4,12H,5-11,15H2,1H3. The van der Waals surface area contributed by atoms with Gasteiger partial charge in [0.2, 0.25) is 0 Å². The van der Waals surface area contributed by atoms with Gasteiger partial charge in [0, 0.05) is 26.8 Å². The molecule has 4 heteroatoms. The SMILES string of the molecule is COCC1CCN(Cc2cccc(CN)n2)CC1. The predicted octanol–water partition coefficient (Wildman–Crippen LogP) is 1.40. The lowest BCUT2D eigenvalue weighted by Crippen LogP contribution is -2.34. The van der Waals surface area contributed by atoms with Crippen molar-refractivity contribution in [2.45, 2.75) is 25.9 Å². The number of nitrogens with two attached hydrogens (primary N) is 1. The average molecular weight is 249 g/mol. The molecule has 0 radical (unpaired) electrons. The van der Waals surface area contributed by atoms with Crippen LogP contribution in [0.15, 0.2) is 18.2 Å². The Kier molecular flexibility index (Phi) is 5.11. The maximum Gasteiger partial charge on any atom is 0.0547 e. The number of aromatic nitrogens is 1. The van der Waals surface area contributed by atoms with Crippen LogP contribution in [-0.2, 0) is 17.8 Å². The smallest absolute Gasteiger partial charge is 0.0547 e. The maximum atomic E-state index is 5.61. The lowest BCUT2D eigenvalue weighted by atomic mass is 9.98. The van der Waals surface area contributed by atoms with Crippen molar-refractivity contribution in [3.05, 3.63) is 29.6 Å². The molecule has 100 valence electrons. The van der Waals surface area contributed by atoms with Gasteiger partial charge in [-0.2, -0.15) is 0 Å². The van der Waals surface area contributed by atoms with Crippen LogP contribution in [0.25, 0.3) is 0 Å². The van der Waals surface area contributed by atoms with E-state index in [1.807, 2.05) is 12.1 Å². The maximum absolute atomic E-state index is 5.61. The molecule has 0 atom stereocenters. The molecule has 2 N–H and O–H groups in total. The summed E-state index contributed by atoms with van der Waals surface area (Å²) in [6, 6.07) is 6.11. The van der Waals surface area contributed by atoms with E-state index < -0.39 is 0 Å². The van der Waals surface area contributed by atoms with E-state index in [1.165, 1.54) is 12.8 Å². The molecule has 0 spiro atoms. The second-order valence-corrected chi connectivity index (χ2v) is 5.00. The third kappa shape index (κ3) is 3.77. The molecule has 18 heavy (non-hydrogen) atoms. The Morgan fingerprint density at radius 1 is 1.33 bits per heavy atom. The van der Waals surface area contributed by atoms with Crippen molar-refractivity contribution in [3.8, 4) is 0 Å². The number of nitrogens with zero attached hydrogens (tertiary/aromatic N) is 2. The number of methoxy groups -OCH3 is 1. The second kappa shape index (κ2) is 6.83. The van der Waals surface area contributed by atoms with E-state index in [-0.39, 0.29) is 0 Å². The summed E-state index contributed by atoms with van der Waals surface area (Å²) in [4.78, 5) is 7.02. The van der Waals surface area contributed by atoms with Crippen LogP contribution < -0.4 is 5.73 Å². The summed E-state index contributed by atoms with van der Waals surface area (Å²) in [5.41, 5.74) is 7.72. The van der Waals surface area contributed by atoms with Gasteiger partial charge in [0.1, 0.15) is 0 Å². The highest BCUT2D eigenvalue weighted by molar-refractivity contribution is 5.11.